The second-order valence-electron chi connectivity index (χ2n) is 2.61. The standard InChI is InChI=1S/C10H11FO2/c1-3-13-10-8(7(2)12)5-4-6-9(10)11/h4-6H,3H2,1-2H3. The van der Waals surface area contributed by atoms with Crippen molar-refractivity contribution in [3.05, 3.63) is 29.6 Å². The summed E-state index contributed by atoms with van der Waals surface area (Å²) in [5, 5.41) is 0. The van der Waals surface area contributed by atoms with Crippen LogP contribution in [-0.2, 0) is 0 Å². The second-order valence-corrected chi connectivity index (χ2v) is 2.61. The first kappa shape index (κ1) is 9.71. The maximum Gasteiger partial charge on any atom is 0.165 e. The Balaban J connectivity index is 3.17. The fourth-order valence-electron chi connectivity index (χ4n) is 1.08. The maximum absolute atomic E-state index is 13.1. The van der Waals surface area contributed by atoms with E-state index in [0.717, 1.165) is 0 Å². The van der Waals surface area contributed by atoms with E-state index in [4.69, 9.17) is 4.74 Å². The number of hydrogen-bond donors (Lipinski definition) is 0. The van der Waals surface area contributed by atoms with Gasteiger partial charge in [0.05, 0.1) is 12.2 Å². The van der Waals surface area contributed by atoms with Crippen LogP contribution in [0.25, 0.3) is 0 Å². The van der Waals surface area contributed by atoms with Crippen LogP contribution >= 0.6 is 0 Å². The minimum absolute atomic E-state index is 0.0532. The molecule has 0 amide bonds. The molecule has 0 aliphatic heterocycles. The van der Waals surface area contributed by atoms with Gasteiger partial charge in [0.15, 0.2) is 17.3 Å². The van der Waals surface area contributed by atoms with Crippen molar-refractivity contribution in [2.75, 3.05) is 6.61 Å². The first-order chi connectivity index (χ1) is 6.16. The van der Waals surface area contributed by atoms with Gasteiger partial charge < -0.3 is 4.74 Å². The summed E-state index contributed by atoms with van der Waals surface area (Å²) in [6.07, 6.45) is 0. The summed E-state index contributed by atoms with van der Waals surface area (Å²) in [4.78, 5) is 11.0. The summed E-state index contributed by atoms with van der Waals surface area (Å²) in [5.74, 6) is -0.630. The topological polar surface area (TPSA) is 26.3 Å². The quantitative estimate of drug-likeness (QED) is 0.671. The lowest BCUT2D eigenvalue weighted by Crippen LogP contribution is -2.02. The van der Waals surface area contributed by atoms with Gasteiger partial charge in [-0.3, -0.25) is 4.79 Å². The van der Waals surface area contributed by atoms with Crippen LogP contribution in [0, 0.1) is 5.82 Å². The third-order valence-corrected chi connectivity index (χ3v) is 1.63. The van der Waals surface area contributed by atoms with Crippen LogP contribution in [0.5, 0.6) is 5.75 Å². The number of ether oxygens (including phenoxy) is 1. The Morgan fingerprint density at radius 2 is 2.23 bits per heavy atom. The highest BCUT2D eigenvalue weighted by Gasteiger charge is 2.12. The van der Waals surface area contributed by atoms with Crippen LogP contribution in [0.4, 0.5) is 4.39 Å². The van der Waals surface area contributed by atoms with Gasteiger partial charge in [0.2, 0.25) is 0 Å². The number of carbonyl (C=O) groups excluding carboxylic acids is 1. The zero-order valence-electron chi connectivity index (χ0n) is 7.63. The van der Waals surface area contributed by atoms with E-state index in [9.17, 15) is 9.18 Å². The normalized spacial score (nSPS) is 9.77. The largest absolute Gasteiger partial charge is 0.490 e. The molecule has 0 fully saturated rings. The SMILES string of the molecule is CCOc1c(F)cccc1C(C)=O. The average Bonchev–Trinajstić information content (AvgIpc) is 2.08. The Labute approximate surface area is 76.3 Å². The average molecular weight is 182 g/mol. The first-order valence-corrected chi connectivity index (χ1v) is 4.09. The Bertz CT molecular complexity index is 321. The fourth-order valence-corrected chi connectivity index (χ4v) is 1.08. The molecule has 0 saturated heterocycles. The summed E-state index contributed by atoms with van der Waals surface area (Å²) >= 11 is 0. The molecular weight excluding hydrogens is 171 g/mol. The van der Waals surface area contributed by atoms with E-state index in [-0.39, 0.29) is 11.5 Å². The van der Waals surface area contributed by atoms with Gasteiger partial charge in [0.25, 0.3) is 0 Å². The Hall–Kier alpha value is -1.38. The fraction of sp³-hybridized carbons (Fsp3) is 0.300. The molecule has 0 unspecified atom stereocenters. The molecule has 0 aromatic heterocycles. The van der Waals surface area contributed by atoms with E-state index in [1.54, 1.807) is 13.0 Å². The molecule has 0 spiro atoms. The van der Waals surface area contributed by atoms with Crippen molar-refractivity contribution in [3.8, 4) is 5.75 Å². The lowest BCUT2D eigenvalue weighted by molar-refractivity contribution is 0.101. The first-order valence-electron chi connectivity index (χ1n) is 4.09. The highest BCUT2D eigenvalue weighted by molar-refractivity contribution is 5.96. The predicted octanol–water partition coefficient (Wildman–Crippen LogP) is 2.43. The van der Waals surface area contributed by atoms with Gasteiger partial charge in [0.1, 0.15) is 0 Å². The van der Waals surface area contributed by atoms with E-state index in [0.29, 0.717) is 12.2 Å². The lowest BCUT2D eigenvalue weighted by atomic mass is 10.1. The van der Waals surface area contributed by atoms with Crippen LogP contribution in [0.15, 0.2) is 18.2 Å². The number of halogens is 1. The molecule has 0 radical (unpaired) electrons. The monoisotopic (exact) mass is 182 g/mol. The van der Waals surface area contributed by atoms with Crippen LogP contribution in [0.2, 0.25) is 0 Å². The molecule has 0 heterocycles. The molecule has 0 aliphatic rings. The number of Topliss-reactive ketones (excluding diaryl/α,β-unsaturated/α-hetero) is 1. The third kappa shape index (κ3) is 2.05. The van der Waals surface area contributed by atoms with Crippen molar-refractivity contribution in [1.29, 1.82) is 0 Å². The van der Waals surface area contributed by atoms with Crippen molar-refractivity contribution in [2.24, 2.45) is 0 Å². The van der Waals surface area contributed by atoms with Crippen LogP contribution in [0.1, 0.15) is 24.2 Å². The van der Waals surface area contributed by atoms with Crippen LogP contribution < -0.4 is 4.74 Å². The Morgan fingerprint density at radius 3 is 2.77 bits per heavy atom. The summed E-state index contributed by atoms with van der Waals surface area (Å²) in [5.41, 5.74) is 0.293. The molecule has 70 valence electrons. The number of carbonyl (C=O) groups is 1. The van der Waals surface area contributed by atoms with Gasteiger partial charge in [0, 0.05) is 0 Å². The highest BCUT2D eigenvalue weighted by atomic mass is 19.1. The number of rotatable bonds is 3. The number of hydrogen-bond acceptors (Lipinski definition) is 2. The Morgan fingerprint density at radius 1 is 1.54 bits per heavy atom. The van der Waals surface area contributed by atoms with Gasteiger partial charge in [-0.05, 0) is 26.0 Å². The van der Waals surface area contributed by atoms with E-state index in [1.807, 2.05) is 0 Å². The zero-order valence-corrected chi connectivity index (χ0v) is 7.63. The number of para-hydroxylation sites is 1. The van der Waals surface area contributed by atoms with Crippen LogP contribution in [0.3, 0.4) is 0 Å². The highest BCUT2D eigenvalue weighted by Crippen LogP contribution is 2.22. The number of benzene rings is 1. The van der Waals surface area contributed by atoms with E-state index in [1.165, 1.54) is 19.1 Å². The molecule has 3 heteroatoms. The zero-order chi connectivity index (χ0) is 9.84. The Kier molecular flexibility index (Phi) is 3.01. The summed E-state index contributed by atoms with van der Waals surface area (Å²) in [6, 6.07) is 4.32. The molecule has 1 aromatic rings. The molecule has 0 N–H and O–H groups in total. The molecule has 2 nitrogen and oxygen atoms in total. The van der Waals surface area contributed by atoms with E-state index >= 15 is 0 Å². The summed E-state index contributed by atoms with van der Waals surface area (Å²) < 4.78 is 18.2. The lowest BCUT2D eigenvalue weighted by Gasteiger charge is -2.07. The van der Waals surface area contributed by atoms with Gasteiger partial charge in [-0.2, -0.15) is 0 Å². The van der Waals surface area contributed by atoms with Gasteiger partial charge in [-0.1, -0.05) is 6.07 Å². The van der Waals surface area contributed by atoms with Crippen molar-refractivity contribution in [2.45, 2.75) is 13.8 Å². The summed E-state index contributed by atoms with van der Waals surface area (Å²) in [7, 11) is 0. The molecule has 0 saturated carbocycles. The minimum Gasteiger partial charge on any atom is -0.490 e. The van der Waals surface area contributed by atoms with Gasteiger partial charge >= 0.3 is 0 Å². The smallest absolute Gasteiger partial charge is 0.165 e. The van der Waals surface area contributed by atoms with Gasteiger partial charge in [-0.15, -0.1) is 0 Å². The van der Waals surface area contributed by atoms with E-state index < -0.39 is 5.82 Å². The van der Waals surface area contributed by atoms with Crippen LogP contribution in [-0.4, -0.2) is 12.4 Å². The summed E-state index contributed by atoms with van der Waals surface area (Å²) in [6.45, 7) is 3.48. The van der Waals surface area contributed by atoms with Crippen molar-refractivity contribution >= 4 is 5.78 Å². The van der Waals surface area contributed by atoms with Crippen molar-refractivity contribution in [3.63, 3.8) is 0 Å². The minimum atomic E-state index is -0.491. The second kappa shape index (κ2) is 4.03. The van der Waals surface area contributed by atoms with E-state index in [2.05, 4.69) is 0 Å². The predicted molar refractivity (Wildman–Crippen MR) is 47.6 cm³/mol. The van der Waals surface area contributed by atoms with Crippen molar-refractivity contribution in [1.82, 2.24) is 0 Å². The molecular formula is C10H11FO2. The molecule has 13 heavy (non-hydrogen) atoms. The molecule has 0 bridgehead atoms. The van der Waals surface area contributed by atoms with Crippen molar-refractivity contribution < 1.29 is 13.9 Å². The molecule has 0 atom stereocenters. The molecule has 0 aliphatic carbocycles. The molecule has 1 aromatic carbocycles. The molecule has 1 rings (SSSR count). The van der Waals surface area contributed by atoms with Gasteiger partial charge in [-0.25, -0.2) is 4.39 Å². The third-order valence-electron chi connectivity index (χ3n) is 1.63. The number of ketones is 1. The maximum atomic E-state index is 13.1.